The molecule has 0 N–H and O–H groups in total. The molecule has 0 spiro atoms. The number of hydrogen-bond donors (Lipinski definition) is 0. The predicted molar refractivity (Wildman–Crippen MR) is 111 cm³/mol. The summed E-state index contributed by atoms with van der Waals surface area (Å²) in [7, 11) is 4.69. The zero-order valence-electron chi connectivity index (χ0n) is 16.5. The van der Waals surface area contributed by atoms with Crippen LogP contribution < -0.4 is 19.8 Å². The van der Waals surface area contributed by atoms with Crippen molar-refractivity contribution in [2.24, 2.45) is 0 Å². The van der Waals surface area contributed by atoms with E-state index in [1.54, 1.807) is 39.5 Å². The van der Waals surface area contributed by atoms with Crippen molar-refractivity contribution in [2.75, 3.05) is 21.3 Å². The van der Waals surface area contributed by atoms with Crippen LogP contribution in [-0.2, 0) is 5.75 Å². The minimum absolute atomic E-state index is 0.362. The highest BCUT2D eigenvalue weighted by Crippen LogP contribution is 2.33. The smallest absolute Gasteiger partial charge is 0.336 e. The van der Waals surface area contributed by atoms with Gasteiger partial charge in [-0.3, -0.25) is 0 Å². The van der Waals surface area contributed by atoms with E-state index < -0.39 is 5.63 Å². The van der Waals surface area contributed by atoms with Crippen molar-refractivity contribution in [2.45, 2.75) is 11.0 Å². The van der Waals surface area contributed by atoms with Gasteiger partial charge >= 0.3 is 5.63 Å². The maximum Gasteiger partial charge on any atom is 0.336 e. The van der Waals surface area contributed by atoms with Crippen LogP contribution in [0.5, 0.6) is 17.2 Å². The van der Waals surface area contributed by atoms with Gasteiger partial charge < -0.3 is 23.0 Å². The molecule has 0 saturated carbocycles. The fraction of sp³-hybridized carbons (Fsp3) is 0.190. The Morgan fingerprint density at radius 3 is 2.50 bits per heavy atom. The molecule has 0 unspecified atom stereocenters. The van der Waals surface area contributed by atoms with Gasteiger partial charge in [-0.1, -0.05) is 11.8 Å². The van der Waals surface area contributed by atoms with Crippen LogP contribution in [0.2, 0.25) is 0 Å². The van der Waals surface area contributed by atoms with Crippen molar-refractivity contribution in [1.29, 1.82) is 0 Å². The fourth-order valence-electron chi connectivity index (χ4n) is 2.95. The molecule has 0 bridgehead atoms. The topological polar surface area (TPSA) is 96.8 Å². The first-order chi connectivity index (χ1) is 14.6. The first-order valence-electron chi connectivity index (χ1n) is 8.90. The second-order valence-corrected chi connectivity index (χ2v) is 7.11. The average molecular weight is 426 g/mol. The zero-order chi connectivity index (χ0) is 21.1. The van der Waals surface area contributed by atoms with E-state index >= 15 is 0 Å². The first kappa shape index (κ1) is 19.8. The summed E-state index contributed by atoms with van der Waals surface area (Å²) in [5.41, 5.74) is 1.56. The van der Waals surface area contributed by atoms with Gasteiger partial charge in [0.25, 0.3) is 5.22 Å². The van der Waals surface area contributed by atoms with Gasteiger partial charge in [-0.2, -0.15) is 0 Å². The summed E-state index contributed by atoms with van der Waals surface area (Å²) in [5.74, 6) is 2.62. The van der Waals surface area contributed by atoms with Crippen LogP contribution in [0.3, 0.4) is 0 Å². The maximum absolute atomic E-state index is 11.9. The maximum atomic E-state index is 11.9. The van der Waals surface area contributed by atoms with Crippen molar-refractivity contribution in [3.63, 3.8) is 0 Å². The van der Waals surface area contributed by atoms with Gasteiger partial charge in [-0.05, 0) is 35.9 Å². The van der Waals surface area contributed by atoms with E-state index in [0.717, 1.165) is 10.9 Å². The molecule has 2 heterocycles. The number of hydrogen-bond acceptors (Lipinski definition) is 9. The molecule has 0 atom stereocenters. The van der Waals surface area contributed by atoms with E-state index in [-0.39, 0.29) is 0 Å². The van der Waals surface area contributed by atoms with Gasteiger partial charge in [0.1, 0.15) is 11.3 Å². The highest BCUT2D eigenvalue weighted by atomic mass is 32.2. The van der Waals surface area contributed by atoms with Crippen LogP contribution in [0.25, 0.3) is 22.4 Å². The molecule has 154 valence electrons. The van der Waals surface area contributed by atoms with Crippen LogP contribution in [0.1, 0.15) is 5.56 Å². The molecular formula is C21H18N2O6S. The number of fused-ring (bicyclic) bond motifs is 1. The Morgan fingerprint density at radius 2 is 1.73 bits per heavy atom. The first-order valence-corrected chi connectivity index (χ1v) is 9.89. The van der Waals surface area contributed by atoms with Crippen LogP contribution in [0.15, 0.2) is 61.3 Å². The third-order valence-electron chi connectivity index (χ3n) is 4.43. The Kier molecular flexibility index (Phi) is 5.62. The lowest BCUT2D eigenvalue weighted by molar-refractivity contribution is 0.355. The molecular weight excluding hydrogens is 408 g/mol. The summed E-state index contributed by atoms with van der Waals surface area (Å²) in [4.78, 5) is 11.9. The third-order valence-corrected chi connectivity index (χ3v) is 5.29. The van der Waals surface area contributed by atoms with Crippen LogP contribution in [0, 0.1) is 0 Å². The van der Waals surface area contributed by atoms with Gasteiger partial charge in [-0.15, -0.1) is 10.2 Å². The summed E-state index contributed by atoms with van der Waals surface area (Å²) < 4.78 is 26.8. The Morgan fingerprint density at radius 1 is 0.900 bits per heavy atom. The van der Waals surface area contributed by atoms with Gasteiger partial charge in [0.15, 0.2) is 11.5 Å². The quantitative estimate of drug-likeness (QED) is 0.319. The lowest BCUT2D eigenvalue weighted by Gasteiger charge is -2.07. The van der Waals surface area contributed by atoms with Gasteiger partial charge in [0.05, 0.1) is 21.3 Å². The Labute approximate surface area is 175 Å². The number of methoxy groups -OCH3 is 3. The molecule has 0 amide bonds. The van der Waals surface area contributed by atoms with E-state index in [0.29, 0.717) is 45.3 Å². The second-order valence-electron chi connectivity index (χ2n) is 6.18. The highest BCUT2D eigenvalue weighted by Gasteiger charge is 2.14. The average Bonchev–Trinajstić information content (AvgIpc) is 3.25. The zero-order valence-corrected chi connectivity index (χ0v) is 17.3. The SMILES string of the molecule is COc1ccc2c(CSc3nnc(-c4ccc(OC)c(OC)c4)o3)cc(=O)oc2c1. The molecule has 0 fully saturated rings. The van der Waals surface area contributed by atoms with Crippen LogP contribution in [-0.4, -0.2) is 31.5 Å². The van der Waals surface area contributed by atoms with E-state index in [4.69, 9.17) is 23.0 Å². The molecule has 0 saturated heterocycles. The van der Waals surface area contributed by atoms with Gasteiger partial charge in [0, 0.05) is 28.8 Å². The lowest BCUT2D eigenvalue weighted by atomic mass is 10.1. The van der Waals surface area contributed by atoms with Crippen LogP contribution >= 0.6 is 11.8 Å². The van der Waals surface area contributed by atoms with Crippen LogP contribution in [0.4, 0.5) is 0 Å². The third kappa shape index (κ3) is 3.97. The number of nitrogens with zero attached hydrogens (tertiary/aromatic N) is 2. The van der Waals surface area contributed by atoms with E-state index in [2.05, 4.69) is 10.2 Å². The summed E-state index contributed by atoms with van der Waals surface area (Å²) in [6.45, 7) is 0. The molecule has 2 aromatic carbocycles. The molecule has 8 nitrogen and oxygen atoms in total. The minimum atomic E-state index is -0.428. The summed E-state index contributed by atoms with van der Waals surface area (Å²) >= 11 is 1.33. The number of aromatic nitrogens is 2. The monoisotopic (exact) mass is 426 g/mol. The highest BCUT2D eigenvalue weighted by molar-refractivity contribution is 7.98. The van der Waals surface area contributed by atoms with Gasteiger partial charge in [-0.25, -0.2) is 4.79 Å². The van der Waals surface area contributed by atoms with Gasteiger partial charge in [0.2, 0.25) is 5.89 Å². The second kappa shape index (κ2) is 8.50. The number of thioether (sulfide) groups is 1. The predicted octanol–water partition coefficient (Wildman–Crippen LogP) is 4.16. The van der Waals surface area contributed by atoms with Crippen molar-refractivity contribution in [3.8, 4) is 28.7 Å². The molecule has 2 aromatic heterocycles. The number of ether oxygens (including phenoxy) is 3. The molecule has 4 rings (SSSR count). The summed E-state index contributed by atoms with van der Waals surface area (Å²) in [6.07, 6.45) is 0. The normalized spacial score (nSPS) is 10.9. The molecule has 4 aromatic rings. The molecule has 0 radical (unpaired) electrons. The lowest BCUT2D eigenvalue weighted by Crippen LogP contribution is -2.00. The molecule has 0 aliphatic carbocycles. The van der Waals surface area contributed by atoms with E-state index in [1.807, 2.05) is 18.2 Å². The van der Waals surface area contributed by atoms with Crippen molar-refractivity contribution in [1.82, 2.24) is 10.2 Å². The Balaban J connectivity index is 1.56. The Bertz CT molecular complexity index is 1250. The van der Waals surface area contributed by atoms with Crippen molar-refractivity contribution in [3.05, 3.63) is 58.4 Å². The molecule has 0 aliphatic rings. The molecule has 9 heteroatoms. The fourth-order valence-corrected chi connectivity index (χ4v) is 3.70. The van der Waals surface area contributed by atoms with Crippen molar-refractivity contribution >= 4 is 22.7 Å². The standard InChI is InChI=1S/C21H18N2O6S/c1-25-14-5-6-15-13(9-19(24)28-17(15)10-14)11-30-21-23-22-20(29-21)12-4-7-16(26-2)18(8-12)27-3/h4-10H,11H2,1-3H3. The van der Waals surface area contributed by atoms with Crippen molar-refractivity contribution < 1.29 is 23.0 Å². The largest absolute Gasteiger partial charge is 0.497 e. The molecule has 0 aliphatic heterocycles. The minimum Gasteiger partial charge on any atom is -0.497 e. The number of rotatable bonds is 7. The summed E-state index contributed by atoms with van der Waals surface area (Å²) in [5, 5.41) is 9.40. The van der Waals surface area contributed by atoms with E-state index in [9.17, 15) is 4.79 Å². The summed E-state index contributed by atoms with van der Waals surface area (Å²) in [6, 6.07) is 12.2. The molecule has 30 heavy (non-hydrogen) atoms. The Hall–Kier alpha value is -3.46. The van der Waals surface area contributed by atoms with E-state index in [1.165, 1.54) is 17.8 Å². The number of benzene rings is 2.